The third kappa shape index (κ3) is 4.07. The van der Waals surface area contributed by atoms with Crippen molar-refractivity contribution in [1.29, 1.82) is 0 Å². The Hall–Kier alpha value is -3.00. The van der Waals surface area contributed by atoms with Crippen LogP contribution < -0.4 is 10.2 Å². The predicted octanol–water partition coefficient (Wildman–Crippen LogP) is 2.91. The predicted molar refractivity (Wildman–Crippen MR) is 121 cm³/mol. The van der Waals surface area contributed by atoms with Gasteiger partial charge in [0.25, 0.3) is 5.69 Å². The van der Waals surface area contributed by atoms with Gasteiger partial charge in [-0.3, -0.25) is 24.8 Å². The summed E-state index contributed by atoms with van der Waals surface area (Å²) >= 11 is 0. The second kappa shape index (κ2) is 8.86. The van der Waals surface area contributed by atoms with Crippen molar-refractivity contribution < 1.29 is 9.72 Å². The number of non-ortho nitro benzene ring substituents is 1. The lowest BCUT2D eigenvalue weighted by Crippen LogP contribution is -2.62. The SMILES string of the molecule is O=C(NCc1cccnc1)[C@@H]1Cc2cc([N+](=O)[O-])ccc2N2CCN(C3CCCC3)C[C@@H]12. The fourth-order valence-corrected chi connectivity index (χ4v) is 5.67. The zero-order valence-electron chi connectivity index (χ0n) is 18.2. The van der Waals surface area contributed by atoms with Crippen LogP contribution in [0.4, 0.5) is 11.4 Å². The summed E-state index contributed by atoms with van der Waals surface area (Å²) in [6.45, 7) is 3.12. The molecule has 3 heterocycles. The highest BCUT2D eigenvalue weighted by Crippen LogP contribution is 2.39. The van der Waals surface area contributed by atoms with Crippen molar-refractivity contribution in [3.05, 3.63) is 64.0 Å². The maximum absolute atomic E-state index is 13.4. The van der Waals surface area contributed by atoms with E-state index in [-0.39, 0.29) is 28.5 Å². The maximum Gasteiger partial charge on any atom is 0.269 e. The number of hydrogen-bond donors (Lipinski definition) is 1. The van der Waals surface area contributed by atoms with Gasteiger partial charge in [-0.15, -0.1) is 0 Å². The third-order valence-electron chi connectivity index (χ3n) is 7.31. The monoisotopic (exact) mass is 435 g/mol. The van der Waals surface area contributed by atoms with Gasteiger partial charge in [-0.2, -0.15) is 0 Å². The van der Waals surface area contributed by atoms with Gasteiger partial charge in [0.05, 0.1) is 16.9 Å². The van der Waals surface area contributed by atoms with Gasteiger partial charge in [-0.05, 0) is 42.5 Å². The maximum atomic E-state index is 13.4. The molecule has 1 aromatic heterocycles. The number of nitro benzene ring substituents is 1. The van der Waals surface area contributed by atoms with E-state index in [2.05, 4.69) is 20.1 Å². The summed E-state index contributed by atoms with van der Waals surface area (Å²) in [4.78, 5) is 33.4. The average Bonchev–Trinajstić information content (AvgIpc) is 3.37. The van der Waals surface area contributed by atoms with E-state index >= 15 is 0 Å². The largest absolute Gasteiger partial charge is 0.365 e. The van der Waals surface area contributed by atoms with Crippen LogP contribution in [-0.2, 0) is 17.8 Å². The fraction of sp³-hybridized carbons (Fsp3) is 0.500. The minimum absolute atomic E-state index is 0.00859. The summed E-state index contributed by atoms with van der Waals surface area (Å²) in [5.41, 5.74) is 2.98. The van der Waals surface area contributed by atoms with Crippen molar-refractivity contribution in [1.82, 2.24) is 15.2 Å². The smallest absolute Gasteiger partial charge is 0.269 e. The molecule has 0 bridgehead atoms. The average molecular weight is 436 g/mol. The number of carbonyl (C=O) groups excluding carboxylic acids is 1. The molecule has 32 heavy (non-hydrogen) atoms. The van der Waals surface area contributed by atoms with E-state index in [9.17, 15) is 14.9 Å². The van der Waals surface area contributed by atoms with Gasteiger partial charge in [-0.1, -0.05) is 18.9 Å². The van der Waals surface area contributed by atoms with E-state index < -0.39 is 0 Å². The Morgan fingerprint density at radius 3 is 2.81 bits per heavy atom. The van der Waals surface area contributed by atoms with Crippen molar-refractivity contribution in [2.45, 2.75) is 50.7 Å². The summed E-state index contributed by atoms with van der Waals surface area (Å²) in [7, 11) is 0. The number of piperazine rings is 1. The van der Waals surface area contributed by atoms with Crippen LogP contribution in [0.2, 0.25) is 0 Å². The number of nitrogens with one attached hydrogen (secondary N) is 1. The second-order valence-electron chi connectivity index (χ2n) is 9.15. The molecule has 1 aliphatic carbocycles. The molecule has 1 amide bonds. The number of carbonyl (C=O) groups is 1. The van der Waals surface area contributed by atoms with Crippen molar-refractivity contribution in [2.75, 3.05) is 24.5 Å². The number of benzene rings is 1. The van der Waals surface area contributed by atoms with Crippen LogP contribution in [-0.4, -0.2) is 52.4 Å². The van der Waals surface area contributed by atoms with E-state index in [0.717, 1.165) is 36.4 Å². The van der Waals surface area contributed by atoms with Gasteiger partial charge in [-0.25, -0.2) is 0 Å². The number of nitrogens with zero attached hydrogens (tertiary/aromatic N) is 4. The molecule has 5 rings (SSSR count). The molecule has 168 valence electrons. The van der Waals surface area contributed by atoms with Crippen LogP contribution in [0, 0.1) is 16.0 Å². The number of nitro groups is 1. The molecule has 0 spiro atoms. The summed E-state index contributed by atoms with van der Waals surface area (Å²) < 4.78 is 0. The first kappa shape index (κ1) is 20.9. The number of hydrogen-bond acceptors (Lipinski definition) is 6. The number of anilines is 1. The third-order valence-corrected chi connectivity index (χ3v) is 7.31. The van der Waals surface area contributed by atoms with Crippen LogP contribution in [0.25, 0.3) is 0 Å². The summed E-state index contributed by atoms with van der Waals surface area (Å²) in [5, 5.41) is 14.4. The van der Waals surface area contributed by atoms with E-state index in [1.165, 1.54) is 25.7 Å². The molecule has 8 nitrogen and oxygen atoms in total. The number of pyridine rings is 1. The highest BCUT2D eigenvalue weighted by molar-refractivity contribution is 5.82. The first-order chi connectivity index (χ1) is 15.6. The van der Waals surface area contributed by atoms with Gasteiger partial charge >= 0.3 is 0 Å². The van der Waals surface area contributed by atoms with Gasteiger partial charge in [0.1, 0.15) is 0 Å². The lowest BCUT2D eigenvalue weighted by Gasteiger charge is -2.50. The van der Waals surface area contributed by atoms with Crippen LogP contribution in [0.5, 0.6) is 0 Å². The van der Waals surface area contributed by atoms with Crippen LogP contribution >= 0.6 is 0 Å². The van der Waals surface area contributed by atoms with Gasteiger partial charge < -0.3 is 10.2 Å². The Kier molecular flexibility index (Phi) is 5.78. The molecule has 2 aliphatic heterocycles. The minimum Gasteiger partial charge on any atom is -0.365 e. The molecule has 1 saturated carbocycles. The first-order valence-corrected chi connectivity index (χ1v) is 11.5. The van der Waals surface area contributed by atoms with Crippen molar-refractivity contribution in [2.24, 2.45) is 5.92 Å². The van der Waals surface area contributed by atoms with Crippen LogP contribution in [0.15, 0.2) is 42.7 Å². The lowest BCUT2D eigenvalue weighted by atomic mass is 9.82. The second-order valence-corrected chi connectivity index (χ2v) is 9.15. The Morgan fingerprint density at radius 2 is 2.06 bits per heavy atom. The van der Waals surface area contributed by atoms with Gasteiger partial charge in [0.15, 0.2) is 0 Å². The molecule has 8 heteroatoms. The standard InChI is InChI=1S/C24H29N5O3/c30-24(26-15-17-4-3-9-25-14-17)21-13-18-12-20(29(31)32)7-8-22(18)28-11-10-27(16-23(21)28)19-5-1-2-6-19/h3-4,7-9,12,14,19,21,23H,1-2,5-6,10-11,13,15-16H2,(H,26,30)/t21-,23+/m1/s1. The molecular formula is C24H29N5O3. The van der Waals surface area contributed by atoms with E-state index in [1.54, 1.807) is 24.5 Å². The number of fused-ring (bicyclic) bond motifs is 3. The Balaban J connectivity index is 1.40. The van der Waals surface area contributed by atoms with Crippen LogP contribution in [0.1, 0.15) is 36.8 Å². The normalized spacial score (nSPS) is 23.4. The Labute approximate surface area is 187 Å². The highest BCUT2D eigenvalue weighted by atomic mass is 16.6. The molecule has 1 saturated heterocycles. The Bertz CT molecular complexity index is 992. The number of aromatic nitrogens is 1. The molecule has 0 radical (unpaired) electrons. The van der Waals surface area contributed by atoms with E-state index in [4.69, 9.17) is 0 Å². The van der Waals surface area contributed by atoms with Crippen molar-refractivity contribution >= 4 is 17.3 Å². The first-order valence-electron chi connectivity index (χ1n) is 11.5. The molecule has 0 unspecified atom stereocenters. The Morgan fingerprint density at radius 1 is 1.22 bits per heavy atom. The quantitative estimate of drug-likeness (QED) is 0.574. The zero-order valence-corrected chi connectivity index (χ0v) is 18.2. The van der Waals surface area contributed by atoms with Crippen molar-refractivity contribution in [3.8, 4) is 0 Å². The van der Waals surface area contributed by atoms with Gasteiger partial charge in [0, 0.05) is 62.4 Å². The topological polar surface area (TPSA) is 91.6 Å². The molecule has 1 aromatic carbocycles. The molecule has 3 aliphatic rings. The molecular weight excluding hydrogens is 406 g/mol. The zero-order chi connectivity index (χ0) is 22.1. The molecule has 2 atom stereocenters. The summed E-state index contributed by atoms with van der Waals surface area (Å²) in [6.07, 6.45) is 9.06. The summed E-state index contributed by atoms with van der Waals surface area (Å²) in [6, 6.07) is 9.61. The highest BCUT2D eigenvalue weighted by Gasteiger charge is 2.43. The van der Waals surface area contributed by atoms with E-state index in [0.29, 0.717) is 19.0 Å². The number of rotatable bonds is 5. The summed E-state index contributed by atoms with van der Waals surface area (Å²) in [5.74, 6) is -0.236. The minimum atomic E-state index is -0.359. The fourth-order valence-electron chi connectivity index (χ4n) is 5.67. The van der Waals surface area contributed by atoms with Crippen LogP contribution in [0.3, 0.4) is 0 Å². The molecule has 1 N–H and O–H groups in total. The molecule has 2 fully saturated rings. The van der Waals surface area contributed by atoms with Gasteiger partial charge in [0.2, 0.25) is 5.91 Å². The van der Waals surface area contributed by atoms with E-state index in [1.807, 2.05) is 18.2 Å². The molecule has 2 aromatic rings. The van der Waals surface area contributed by atoms with Crippen molar-refractivity contribution in [3.63, 3.8) is 0 Å². The number of amides is 1. The lowest BCUT2D eigenvalue weighted by molar-refractivity contribution is -0.384.